The number of aromatic nitrogens is 2. The highest BCUT2D eigenvalue weighted by atomic mass is 35.5. The molecule has 2 N–H and O–H groups in total. The number of ether oxygens (including phenoxy) is 1. The molecule has 1 fully saturated rings. The second-order valence-electron chi connectivity index (χ2n) is 6.34. The zero-order chi connectivity index (χ0) is 19.9. The van der Waals surface area contributed by atoms with Gasteiger partial charge in [0.2, 0.25) is 6.10 Å². The van der Waals surface area contributed by atoms with E-state index in [4.69, 9.17) is 11.6 Å². The van der Waals surface area contributed by atoms with Crippen molar-refractivity contribution < 1.29 is 22.7 Å². The second-order valence-corrected chi connectivity index (χ2v) is 6.78. The lowest BCUT2D eigenvalue weighted by Gasteiger charge is -2.30. The molecule has 4 heterocycles. The van der Waals surface area contributed by atoms with Crippen molar-refractivity contribution in [3.05, 3.63) is 35.0 Å². The van der Waals surface area contributed by atoms with Crippen LogP contribution in [-0.2, 0) is 4.74 Å². The fraction of sp³-hybridized carbons (Fsp3) is 0.353. The molecule has 2 aliphatic heterocycles. The van der Waals surface area contributed by atoms with Gasteiger partial charge in [-0.1, -0.05) is 11.6 Å². The highest BCUT2D eigenvalue weighted by Crippen LogP contribution is 2.45. The first-order chi connectivity index (χ1) is 13.3. The van der Waals surface area contributed by atoms with Crippen LogP contribution in [0.2, 0.25) is 5.02 Å². The van der Waals surface area contributed by atoms with Gasteiger partial charge in [0.25, 0.3) is 0 Å². The average Bonchev–Trinajstić information content (AvgIpc) is 2.66. The number of carbonyl (C=O) groups is 1. The Morgan fingerprint density at radius 1 is 1.25 bits per heavy atom. The zero-order valence-electron chi connectivity index (χ0n) is 14.4. The molecule has 0 aromatic carbocycles. The number of piperazine rings is 1. The van der Waals surface area contributed by atoms with Gasteiger partial charge >= 0.3 is 12.3 Å². The lowest BCUT2D eigenvalue weighted by Crippen LogP contribution is -2.43. The van der Waals surface area contributed by atoms with Crippen LogP contribution in [0.15, 0.2) is 24.4 Å². The van der Waals surface area contributed by atoms with E-state index in [-0.39, 0.29) is 22.6 Å². The first-order valence-corrected chi connectivity index (χ1v) is 8.87. The summed E-state index contributed by atoms with van der Waals surface area (Å²) in [5.41, 5.74) is 0.0931. The zero-order valence-corrected chi connectivity index (χ0v) is 15.1. The summed E-state index contributed by atoms with van der Waals surface area (Å²) in [7, 11) is 0. The fourth-order valence-corrected chi connectivity index (χ4v) is 3.46. The molecule has 28 heavy (non-hydrogen) atoms. The van der Waals surface area contributed by atoms with Gasteiger partial charge in [0.1, 0.15) is 11.6 Å². The molecule has 148 valence electrons. The van der Waals surface area contributed by atoms with Gasteiger partial charge in [0, 0.05) is 43.0 Å². The van der Waals surface area contributed by atoms with E-state index in [2.05, 4.69) is 25.3 Å². The number of rotatable bonds is 2. The molecule has 4 rings (SSSR count). The van der Waals surface area contributed by atoms with E-state index in [1.54, 1.807) is 6.07 Å². The molecule has 0 unspecified atom stereocenters. The summed E-state index contributed by atoms with van der Waals surface area (Å²) in [6.07, 6.45) is -7.15. The molecule has 1 saturated heterocycles. The predicted octanol–water partition coefficient (Wildman–Crippen LogP) is 3.37. The van der Waals surface area contributed by atoms with E-state index in [0.29, 0.717) is 23.9 Å². The Morgan fingerprint density at radius 2 is 2.00 bits per heavy atom. The number of halogens is 4. The van der Waals surface area contributed by atoms with Crippen molar-refractivity contribution in [3.63, 3.8) is 0 Å². The van der Waals surface area contributed by atoms with Crippen molar-refractivity contribution in [1.29, 1.82) is 0 Å². The smallest absolute Gasteiger partial charge is 0.430 e. The minimum atomic E-state index is -4.80. The van der Waals surface area contributed by atoms with Crippen LogP contribution in [0.3, 0.4) is 0 Å². The number of nitrogens with one attached hydrogen (secondary N) is 2. The minimum Gasteiger partial charge on any atom is -0.431 e. The van der Waals surface area contributed by atoms with Crippen LogP contribution < -0.4 is 15.5 Å². The molecule has 0 aliphatic carbocycles. The number of amides is 1. The molecule has 11 heteroatoms. The van der Waals surface area contributed by atoms with Gasteiger partial charge in [-0.3, -0.25) is 5.32 Å². The second kappa shape index (κ2) is 7.10. The molecule has 2 aliphatic rings. The quantitative estimate of drug-likeness (QED) is 0.786. The first-order valence-electron chi connectivity index (χ1n) is 8.50. The summed E-state index contributed by atoms with van der Waals surface area (Å²) in [5, 5.41) is 5.77. The summed E-state index contributed by atoms with van der Waals surface area (Å²) >= 11 is 6.23. The molecule has 0 saturated carbocycles. The van der Waals surface area contributed by atoms with Crippen molar-refractivity contribution >= 4 is 29.3 Å². The van der Waals surface area contributed by atoms with Crippen molar-refractivity contribution in [2.75, 3.05) is 36.4 Å². The number of pyridine rings is 2. The summed E-state index contributed by atoms with van der Waals surface area (Å²) in [5.74, 6) is 0.362. The number of fused-ring (bicyclic) bond motifs is 1. The number of anilines is 2. The number of hydrogen-bond donors (Lipinski definition) is 2. The molecular formula is C17H15ClF3N5O2. The van der Waals surface area contributed by atoms with Crippen LogP contribution in [-0.4, -0.2) is 48.4 Å². The Labute approximate surface area is 162 Å². The Morgan fingerprint density at radius 3 is 2.71 bits per heavy atom. The normalized spacial score (nSPS) is 19.6. The maximum Gasteiger partial charge on any atom is 0.430 e. The molecule has 0 bridgehead atoms. The van der Waals surface area contributed by atoms with E-state index in [9.17, 15) is 18.0 Å². The Hall–Kier alpha value is -2.59. The van der Waals surface area contributed by atoms with Gasteiger partial charge in [-0.15, -0.1) is 0 Å². The highest BCUT2D eigenvalue weighted by molar-refractivity contribution is 6.31. The molecule has 7 nitrogen and oxygen atoms in total. The van der Waals surface area contributed by atoms with Crippen LogP contribution >= 0.6 is 11.6 Å². The third-order valence-corrected chi connectivity index (χ3v) is 4.71. The van der Waals surface area contributed by atoms with Gasteiger partial charge in [0.15, 0.2) is 0 Å². The van der Waals surface area contributed by atoms with Crippen LogP contribution in [0.25, 0.3) is 11.3 Å². The molecule has 2 aromatic rings. The van der Waals surface area contributed by atoms with Crippen molar-refractivity contribution in [1.82, 2.24) is 15.3 Å². The number of carbonyl (C=O) groups excluding carboxylic acids is 1. The number of cyclic esters (lactones) is 1. The predicted molar refractivity (Wildman–Crippen MR) is 96.5 cm³/mol. The molecule has 0 spiro atoms. The molecular weight excluding hydrogens is 399 g/mol. The minimum absolute atomic E-state index is 0.145. The fourth-order valence-electron chi connectivity index (χ4n) is 3.26. The standard InChI is InChI=1S/C17H15ClF3N5O2/c18-9-7-11(24-12(8-9)26-5-3-22-4-6-26)10-1-2-23-15-13(10)14(17(19,20)21)28-16(27)25-15/h1-2,7-8,14,22H,3-6H2,(H,23,25,27)/t14-/m1/s1. The largest absolute Gasteiger partial charge is 0.431 e. The third-order valence-electron chi connectivity index (χ3n) is 4.49. The van der Waals surface area contributed by atoms with Gasteiger partial charge in [-0.25, -0.2) is 14.8 Å². The van der Waals surface area contributed by atoms with Crippen LogP contribution in [0.1, 0.15) is 11.7 Å². The van der Waals surface area contributed by atoms with Gasteiger partial charge in [0.05, 0.1) is 11.3 Å². The average molecular weight is 414 g/mol. The van der Waals surface area contributed by atoms with Crippen LogP contribution in [0.4, 0.5) is 29.6 Å². The van der Waals surface area contributed by atoms with E-state index in [1.165, 1.54) is 18.3 Å². The Kier molecular flexibility index (Phi) is 4.76. The maximum absolute atomic E-state index is 13.5. The van der Waals surface area contributed by atoms with E-state index < -0.39 is 18.4 Å². The Balaban J connectivity index is 1.83. The highest BCUT2D eigenvalue weighted by Gasteiger charge is 2.49. The van der Waals surface area contributed by atoms with Crippen molar-refractivity contribution in [2.24, 2.45) is 0 Å². The molecule has 2 aromatic heterocycles. The first kappa shape index (κ1) is 18.8. The third kappa shape index (κ3) is 3.57. The summed E-state index contributed by atoms with van der Waals surface area (Å²) < 4.78 is 45.2. The van der Waals surface area contributed by atoms with E-state index in [1.807, 2.05) is 4.90 Å². The molecule has 1 amide bonds. The van der Waals surface area contributed by atoms with Gasteiger partial charge in [-0.05, 0) is 18.2 Å². The van der Waals surface area contributed by atoms with Gasteiger partial charge < -0.3 is 15.0 Å². The lowest BCUT2D eigenvalue weighted by atomic mass is 9.99. The monoisotopic (exact) mass is 413 g/mol. The van der Waals surface area contributed by atoms with Crippen LogP contribution in [0, 0.1) is 0 Å². The maximum atomic E-state index is 13.5. The van der Waals surface area contributed by atoms with E-state index in [0.717, 1.165) is 13.1 Å². The summed E-state index contributed by atoms with van der Waals surface area (Å²) in [6, 6.07) is 4.55. The number of hydrogen-bond acceptors (Lipinski definition) is 6. The van der Waals surface area contributed by atoms with Crippen molar-refractivity contribution in [3.8, 4) is 11.3 Å². The molecule has 0 radical (unpaired) electrons. The summed E-state index contributed by atoms with van der Waals surface area (Å²) in [6.45, 7) is 2.94. The SMILES string of the molecule is O=C1Nc2nccc(-c3cc(Cl)cc(N4CCNCC4)n3)c2[C@H](C(F)(F)F)O1. The topological polar surface area (TPSA) is 79.4 Å². The van der Waals surface area contributed by atoms with E-state index >= 15 is 0 Å². The van der Waals surface area contributed by atoms with Crippen LogP contribution in [0.5, 0.6) is 0 Å². The summed E-state index contributed by atoms with van der Waals surface area (Å²) in [4.78, 5) is 21.9. The Bertz CT molecular complexity index is 918. The number of nitrogens with zero attached hydrogens (tertiary/aromatic N) is 3. The lowest BCUT2D eigenvalue weighted by molar-refractivity contribution is -0.206. The molecule has 1 atom stereocenters. The number of alkyl halides is 3. The van der Waals surface area contributed by atoms with Gasteiger partial charge in [-0.2, -0.15) is 13.2 Å². The van der Waals surface area contributed by atoms with Crippen molar-refractivity contribution in [2.45, 2.75) is 12.3 Å².